The van der Waals surface area contributed by atoms with Gasteiger partial charge in [-0.3, -0.25) is 14.5 Å². The monoisotopic (exact) mass is 352 g/mol. The van der Waals surface area contributed by atoms with Gasteiger partial charge < -0.3 is 10.1 Å². The van der Waals surface area contributed by atoms with Gasteiger partial charge in [-0.1, -0.05) is 39.0 Å². The molecule has 0 bridgehead atoms. The minimum atomic E-state index is -0.240. The molecule has 1 N–H and O–H groups in total. The van der Waals surface area contributed by atoms with Crippen molar-refractivity contribution in [3.05, 3.63) is 53.6 Å². The Balaban J connectivity index is 1.72. The molecule has 0 aliphatic carbocycles. The quantitative estimate of drug-likeness (QED) is 0.917. The smallest absolute Gasteiger partial charge is 0.265 e. The fraction of sp³-hybridized carbons (Fsp3) is 0.333. The van der Waals surface area contributed by atoms with E-state index in [1.54, 1.807) is 0 Å². The molecule has 0 fully saturated rings. The van der Waals surface area contributed by atoms with Crippen molar-refractivity contribution in [1.82, 2.24) is 0 Å². The van der Waals surface area contributed by atoms with Crippen LogP contribution < -0.4 is 15.0 Å². The Labute approximate surface area is 154 Å². The van der Waals surface area contributed by atoms with Crippen molar-refractivity contribution < 1.29 is 14.3 Å². The van der Waals surface area contributed by atoms with Crippen LogP contribution in [0.25, 0.3) is 0 Å². The first-order valence-corrected chi connectivity index (χ1v) is 8.68. The summed E-state index contributed by atoms with van der Waals surface area (Å²) in [5.41, 5.74) is 3.62. The van der Waals surface area contributed by atoms with E-state index in [-0.39, 0.29) is 30.4 Å². The molecule has 5 nitrogen and oxygen atoms in total. The Bertz CT molecular complexity index is 835. The van der Waals surface area contributed by atoms with Gasteiger partial charge in [0, 0.05) is 5.69 Å². The number of aryl methyl sites for hydroxylation is 1. The second kappa shape index (κ2) is 6.83. The predicted molar refractivity (Wildman–Crippen MR) is 103 cm³/mol. The van der Waals surface area contributed by atoms with Crippen LogP contribution in [-0.2, 0) is 15.0 Å². The van der Waals surface area contributed by atoms with Crippen molar-refractivity contribution >= 4 is 23.2 Å². The molecule has 2 aromatic rings. The van der Waals surface area contributed by atoms with E-state index in [0.29, 0.717) is 17.1 Å². The summed E-state index contributed by atoms with van der Waals surface area (Å²) in [5.74, 6) is 0.162. The van der Waals surface area contributed by atoms with Crippen LogP contribution in [0.3, 0.4) is 0 Å². The van der Waals surface area contributed by atoms with E-state index < -0.39 is 0 Å². The van der Waals surface area contributed by atoms with E-state index >= 15 is 0 Å². The van der Waals surface area contributed by atoms with Crippen LogP contribution in [0.2, 0.25) is 0 Å². The van der Waals surface area contributed by atoms with Gasteiger partial charge in [0.2, 0.25) is 5.91 Å². The molecular weight excluding hydrogens is 328 g/mol. The van der Waals surface area contributed by atoms with E-state index in [1.165, 1.54) is 10.5 Å². The van der Waals surface area contributed by atoms with Gasteiger partial charge in [0.1, 0.15) is 12.3 Å². The van der Waals surface area contributed by atoms with Crippen molar-refractivity contribution in [2.45, 2.75) is 33.1 Å². The maximum atomic E-state index is 12.5. The highest BCUT2D eigenvalue weighted by molar-refractivity contribution is 6.05. The third-order valence-corrected chi connectivity index (χ3v) is 4.39. The number of nitrogens with one attached hydrogen (secondary N) is 1. The van der Waals surface area contributed by atoms with Gasteiger partial charge in [-0.2, -0.15) is 0 Å². The number of carbonyl (C=O) groups is 2. The SMILES string of the molecule is Cc1ccc2c(c1)N(CC(=O)Nc1ccc(C(C)(C)C)cc1)C(=O)CO2. The van der Waals surface area contributed by atoms with Crippen LogP contribution >= 0.6 is 0 Å². The summed E-state index contributed by atoms with van der Waals surface area (Å²) in [6.45, 7) is 8.27. The van der Waals surface area contributed by atoms with Crippen molar-refractivity contribution in [2.24, 2.45) is 0 Å². The Morgan fingerprint density at radius 1 is 1.15 bits per heavy atom. The number of ether oxygens (including phenoxy) is 1. The topological polar surface area (TPSA) is 58.6 Å². The fourth-order valence-electron chi connectivity index (χ4n) is 2.88. The molecule has 1 aliphatic heterocycles. The summed E-state index contributed by atoms with van der Waals surface area (Å²) in [4.78, 5) is 26.2. The molecule has 26 heavy (non-hydrogen) atoms. The third-order valence-electron chi connectivity index (χ3n) is 4.39. The normalized spacial score (nSPS) is 13.8. The zero-order valence-electron chi connectivity index (χ0n) is 15.6. The molecule has 1 aliphatic rings. The standard InChI is InChI=1S/C21H24N2O3/c1-14-5-10-18-17(11-14)23(20(25)13-26-18)12-19(24)22-16-8-6-15(7-9-16)21(2,3)4/h5-11H,12-13H2,1-4H3,(H,22,24). The van der Waals surface area contributed by atoms with E-state index in [1.807, 2.05) is 49.4 Å². The van der Waals surface area contributed by atoms with Crippen molar-refractivity contribution in [2.75, 3.05) is 23.4 Å². The lowest BCUT2D eigenvalue weighted by Crippen LogP contribution is -2.43. The highest BCUT2D eigenvalue weighted by Crippen LogP contribution is 2.32. The number of amides is 2. The number of carbonyl (C=O) groups excluding carboxylic acids is 2. The zero-order chi connectivity index (χ0) is 18.9. The molecule has 3 rings (SSSR count). The minimum absolute atomic E-state index is 0.0420. The third kappa shape index (κ3) is 3.87. The molecule has 0 saturated carbocycles. The molecule has 0 atom stereocenters. The largest absolute Gasteiger partial charge is 0.482 e. The second-order valence-electron chi connectivity index (χ2n) is 7.62. The molecule has 136 valence electrons. The molecule has 0 spiro atoms. The van der Waals surface area contributed by atoms with Crippen LogP contribution in [0.15, 0.2) is 42.5 Å². The van der Waals surface area contributed by atoms with Gasteiger partial charge >= 0.3 is 0 Å². The average Bonchev–Trinajstić information content (AvgIpc) is 2.57. The van der Waals surface area contributed by atoms with Gasteiger partial charge in [-0.05, 0) is 47.7 Å². The first-order chi connectivity index (χ1) is 12.2. The average molecular weight is 352 g/mol. The van der Waals surface area contributed by atoms with Crippen molar-refractivity contribution in [3.63, 3.8) is 0 Å². The second-order valence-corrected chi connectivity index (χ2v) is 7.62. The van der Waals surface area contributed by atoms with E-state index in [2.05, 4.69) is 26.1 Å². The molecule has 0 saturated heterocycles. The van der Waals surface area contributed by atoms with E-state index in [0.717, 1.165) is 5.56 Å². The summed E-state index contributed by atoms with van der Waals surface area (Å²) in [7, 11) is 0. The van der Waals surface area contributed by atoms with Crippen LogP contribution in [0.1, 0.15) is 31.9 Å². The molecule has 5 heteroatoms. The minimum Gasteiger partial charge on any atom is -0.482 e. The molecule has 0 radical (unpaired) electrons. The number of benzene rings is 2. The first kappa shape index (κ1) is 18.0. The van der Waals surface area contributed by atoms with E-state index in [9.17, 15) is 9.59 Å². The summed E-state index contributed by atoms with van der Waals surface area (Å²) in [5, 5.41) is 2.86. The highest BCUT2D eigenvalue weighted by atomic mass is 16.5. The highest BCUT2D eigenvalue weighted by Gasteiger charge is 2.27. The Kier molecular flexibility index (Phi) is 4.72. The number of fused-ring (bicyclic) bond motifs is 1. The molecule has 0 aromatic heterocycles. The Morgan fingerprint density at radius 2 is 1.85 bits per heavy atom. The van der Waals surface area contributed by atoms with Crippen LogP contribution in [-0.4, -0.2) is 25.0 Å². The fourth-order valence-corrected chi connectivity index (χ4v) is 2.88. The van der Waals surface area contributed by atoms with Gasteiger partial charge in [0.05, 0.1) is 5.69 Å². The first-order valence-electron chi connectivity index (χ1n) is 8.68. The lowest BCUT2D eigenvalue weighted by molar-refractivity contribution is -0.123. The number of nitrogens with zero attached hydrogens (tertiary/aromatic N) is 1. The molecule has 2 amide bonds. The Hall–Kier alpha value is -2.82. The zero-order valence-corrected chi connectivity index (χ0v) is 15.6. The van der Waals surface area contributed by atoms with Crippen LogP contribution in [0, 0.1) is 6.92 Å². The van der Waals surface area contributed by atoms with Gasteiger partial charge in [0.25, 0.3) is 5.91 Å². The summed E-state index contributed by atoms with van der Waals surface area (Å²) >= 11 is 0. The van der Waals surface area contributed by atoms with Gasteiger partial charge in [-0.25, -0.2) is 0 Å². The van der Waals surface area contributed by atoms with Crippen LogP contribution in [0.5, 0.6) is 5.75 Å². The lowest BCUT2D eigenvalue weighted by Gasteiger charge is -2.29. The van der Waals surface area contributed by atoms with Gasteiger partial charge in [-0.15, -0.1) is 0 Å². The summed E-state index contributed by atoms with van der Waals surface area (Å²) < 4.78 is 5.44. The van der Waals surface area contributed by atoms with Crippen LogP contribution in [0.4, 0.5) is 11.4 Å². The molecule has 1 heterocycles. The maximum Gasteiger partial charge on any atom is 0.265 e. The van der Waals surface area contributed by atoms with Crippen molar-refractivity contribution in [1.29, 1.82) is 0 Å². The lowest BCUT2D eigenvalue weighted by atomic mass is 9.87. The molecule has 2 aromatic carbocycles. The molecule has 0 unspecified atom stereocenters. The molecular formula is C21H24N2O3. The number of rotatable bonds is 3. The summed E-state index contributed by atoms with van der Waals surface area (Å²) in [6, 6.07) is 13.4. The summed E-state index contributed by atoms with van der Waals surface area (Å²) in [6.07, 6.45) is 0. The van der Waals surface area contributed by atoms with Crippen molar-refractivity contribution in [3.8, 4) is 5.75 Å². The predicted octanol–water partition coefficient (Wildman–Crippen LogP) is 3.66. The van der Waals surface area contributed by atoms with Gasteiger partial charge in [0.15, 0.2) is 6.61 Å². The number of hydrogen-bond donors (Lipinski definition) is 1. The van der Waals surface area contributed by atoms with E-state index in [4.69, 9.17) is 4.74 Å². The number of hydrogen-bond acceptors (Lipinski definition) is 3. The Morgan fingerprint density at radius 3 is 2.50 bits per heavy atom. The maximum absolute atomic E-state index is 12.5. The number of anilines is 2.